The molecule has 0 spiro atoms. The standard InChI is InChI=1S/C18H21N3O5/c1-10-15(11(2)21(3)20-10)9-16(22)19-14-7-12(17(23)25-4)6-13(8-14)18(24)26-5/h6-8H,9H2,1-5H3,(H,19,22). The Labute approximate surface area is 151 Å². The van der Waals surface area contributed by atoms with Gasteiger partial charge >= 0.3 is 11.9 Å². The molecule has 2 aromatic rings. The fourth-order valence-corrected chi connectivity index (χ4v) is 2.61. The maximum Gasteiger partial charge on any atom is 0.337 e. The topological polar surface area (TPSA) is 99.5 Å². The Morgan fingerprint density at radius 1 is 1.04 bits per heavy atom. The van der Waals surface area contributed by atoms with Crippen molar-refractivity contribution in [2.75, 3.05) is 19.5 Å². The normalized spacial score (nSPS) is 10.3. The number of carbonyl (C=O) groups excluding carboxylic acids is 3. The number of hydrogen-bond donors (Lipinski definition) is 1. The van der Waals surface area contributed by atoms with E-state index in [1.807, 2.05) is 20.9 Å². The molecular weight excluding hydrogens is 338 g/mol. The number of hydrogen-bond acceptors (Lipinski definition) is 6. The van der Waals surface area contributed by atoms with Crippen molar-refractivity contribution in [3.05, 3.63) is 46.3 Å². The van der Waals surface area contributed by atoms with E-state index < -0.39 is 11.9 Å². The summed E-state index contributed by atoms with van der Waals surface area (Å²) in [6.07, 6.45) is 0.127. The summed E-state index contributed by atoms with van der Waals surface area (Å²) in [6.45, 7) is 3.72. The number of esters is 2. The Bertz CT molecular complexity index is 836. The molecule has 8 heteroatoms. The van der Waals surface area contributed by atoms with Crippen molar-refractivity contribution in [3.63, 3.8) is 0 Å². The van der Waals surface area contributed by atoms with E-state index in [0.717, 1.165) is 17.0 Å². The second-order valence-electron chi connectivity index (χ2n) is 5.78. The Morgan fingerprint density at radius 3 is 2.00 bits per heavy atom. The molecule has 1 N–H and O–H groups in total. The van der Waals surface area contributed by atoms with E-state index in [0.29, 0.717) is 5.69 Å². The lowest BCUT2D eigenvalue weighted by molar-refractivity contribution is -0.115. The van der Waals surface area contributed by atoms with E-state index in [1.54, 1.807) is 4.68 Å². The van der Waals surface area contributed by atoms with Crippen molar-refractivity contribution >= 4 is 23.5 Å². The monoisotopic (exact) mass is 359 g/mol. The van der Waals surface area contributed by atoms with Crippen LogP contribution in [0.25, 0.3) is 0 Å². The third-order valence-corrected chi connectivity index (χ3v) is 4.06. The molecule has 0 radical (unpaired) electrons. The fraction of sp³-hybridized carbons (Fsp3) is 0.333. The zero-order valence-electron chi connectivity index (χ0n) is 15.4. The third-order valence-electron chi connectivity index (χ3n) is 4.06. The second kappa shape index (κ2) is 7.81. The molecule has 138 valence electrons. The van der Waals surface area contributed by atoms with Crippen LogP contribution in [0.1, 0.15) is 37.7 Å². The first kappa shape index (κ1) is 19.2. The van der Waals surface area contributed by atoms with Gasteiger partial charge in [-0.05, 0) is 32.0 Å². The molecule has 1 aromatic heterocycles. The van der Waals surface area contributed by atoms with Crippen LogP contribution >= 0.6 is 0 Å². The van der Waals surface area contributed by atoms with Crippen LogP contribution in [0, 0.1) is 13.8 Å². The molecule has 1 amide bonds. The van der Waals surface area contributed by atoms with E-state index in [1.165, 1.54) is 32.4 Å². The number of nitrogens with one attached hydrogen (secondary N) is 1. The van der Waals surface area contributed by atoms with Crippen molar-refractivity contribution in [1.29, 1.82) is 0 Å². The smallest absolute Gasteiger partial charge is 0.337 e. The van der Waals surface area contributed by atoms with Gasteiger partial charge in [-0.3, -0.25) is 9.48 Å². The Morgan fingerprint density at radius 2 is 1.58 bits per heavy atom. The molecule has 0 fully saturated rings. The van der Waals surface area contributed by atoms with Gasteiger partial charge in [-0.15, -0.1) is 0 Å². The van der Waals surface area contributed by atoms with E-state index >= 15 is 0 Å². The maximum absolute atomic E-state index is 12.4. The lowest BCUT2D eigenvalue weighted by atomic mass is 10.1. The average Bonchev–Trinajstić information content (AvgIpc) is 2.86. The van der Waals surface area contributed by atoms with Crippen molar-refractivity contribution in [3.8, 4) is 0 Å². The van der Waals surface area contributed by atoms with Crippen molar-refractivity contribution in [1.82, 2.24) is 9.78 Å². The number of carbonyl (C=O) groups is 3. The molecule has 0 bridgehead atoms. The predicted octanol–water partition coefficient (Wildman–Crippen LogP) is 1.79. The highest BCUT2D eigenvalue weighted by Gasteiger charge is 2.17. The Balaban J connectivity index is 2.28. The number of anilines is 1. The van der Waals surface area contributed by atoms with E-state index in [9.17, 15) is 14.4 Å². The summed E-state index contributed by atoms with van der Waals surface area (Å²) in [5.74, 6) is -1.53. The van der Waals surface area contributed by atoms with Crippen LogP contribution in [0.15, 0.2) is 18.2 Å². The molecular formula is C18H21N3O5. The lowest BCUT2D eigenvalue weighted by Crippen LogP contribution is -2.17. The first-order valence-corrected chi connectivity index (χ1v) is 7.87. The largest absolute Gasteiger partial charge is 0.465 e. The lowest BCUT2D eigenvalue weighted by Gasteiger charge is -2.10. The average molecular weight is 359 g/mol. The number of aromatic nitrogens is 2. The first-order valence-electron chi connectivity index (χ1n) is 7.87. The number of benzene rings is 1. The number of aryl methyl sites for hydroxylation is 2. The van der Waals surface area contributed by atoms with Crippen LogP contribution < -0.4 is 5.32 Å². The third kappa shape index (κ3) is 4.08. The number of rotatable bonds is 5. The van der Waals surface area contributed by atoms with Crippen LogP contribution in [0.3, 0.4) is 0 Å². The van der Waals surface area contributed by atoms with Gasteiger partial charge in [0.05, 0.1) is 37.5 Å². The first-order chi connectivity index (χ1) is 12.3. The van der Waals surface area contributed by atoms with E-state index in [4.69, 9.17) is 0 Å². The van der Waals surface area contributed by atoms with Crippen LogP contribution in [0.4, 0.5) is 5.69 Å². The van der Waals surface area contributed by atoms with Gasteiger partial charge in [0, 0.05) is 24.0 Å². The fourth-order valence-electron chi connectivity index (χ4n) is 2.61. The summed E-state index contributed by atoms with van der Waals surface area (Å²) in [7, 11) is 4.28. The van der Waals surface area contributed by atoms with E-state index in [2.05, 4.69) is 19.9 Å². The summed E-state index contributed by atoms with van der Waals surface area (Å²) < 4.78 is 11.1. The highest BCUT2D eigenvalue weighted by atomic mass is 16.5. The van der Waals surface area contributed by atoms with Crippen LogP contribution in [-0.2, 0) is 27.7 Å². The Hall–Kier alpha value is -3.16. The summed E-state index contributed by atoms with van der Waals surface area (Å²) in [6, 6.07) is 4.24. The van der Waals surface area contributed by atoms with Gasteiger partial charge in [-0.1, -0.05) is 0 Å². The maximum atomic E-state index is 12.4. The zero-order valence-corrected chi connectivity index (χ0v) is 15.4. The van der Waals surface area contributed by atoms with Gasteiger partial charge in [-0.25, -0.2) is 9.59 Å². The number of nitrogens with zero attached hydrogens (tertiary/aromatic N) is 2. The van der Waals surface area contributed by atoms with Gasteiger partial charge in [0.1, 0.15) is 0 Å². The minimum Gasteiger partial charge on any atom is -0.465 e. The summed E-state index contributed by atoms with van der Waals surface area (Å²) in [4.78, 5) is 36.0. The molecule has 0 unspecified atom stereocenters. The Kier molecular flexibility index (Phi) is 5.76. The molecule has 26 heavy (non-hydrogen) atoms. The molecule has 0 aliphatic carbocycles. The van der Waals surface area contributed by atoms with Crippen molar-refractivity contribution in [2.45, 2.75) is 20.3 Å². The van der Waals surface area contributed by atoms with Crippen LogP contribution in [-0.4, -0.2) is 41.8 Å². The van der Waals surface area contributed by atoms with Gasteiger partial charge in [0.25, 0.3) is 0 Å². The number of ether oxygens (including phenoxy) is 2. The van der Waals surface area contributed by atoms with Gasteiger partial charge in [0.2, 0.25) is 5.91 Å². The highest BCUT2D eigenvalue weighted by Crippen LogP contribution is 2.18. The summed E-state index contributed by atoms with van der Waals surface area (Å²) >= 11 is 0. The molecule has 0 aliphatic heterocycles. The van der Waals surface area contributed by atoms with Crippen molar-refractivity contribution < 1.29 is 23.9 Å². The minimum atomic E-state index is -0.620. The molecule has 1 aromatic carbocycles. The number of amides is 1. The van der Waals surface area contributed by atoms with E-state index in [-0.39, 0.29) is 23.5 Å². The number of methoxy groups -OCH3 is 2. The second-order valence-corrected chi connectivity index (χ2v) is 5.78. The molecule has 8 nitrogen and oxygen atoms in total. The molecule has 1 heterocycles. The zero-order chi connectivity index (χ0) is 19.4. The molecule has 0 saturated heterocycles. The van der Waals surface area contributed by atoms with Gasteiger partial charge < -0.3 is 14.8 Å². The summed E-state index contributed by atoms with van der Waals surface area (Å²) in [5.41, 5.74) is 3.09. The molecule has 0 saturated carbocycles. The summed E-state index contributed by atoms with van der Waals surface area (Å²) in [5, 5.41) is 6.98. The predicted molar refractivity (Wildman–Crippen MR) is 94.1 cm³/mol. The van der Waals surface area contributed by atoms with Crippen molar-refractivity contribution in [2.24, 2.45) is 7.05 Å². The van der Waals surface area contributed by atoms with Gasteiger partial charge in [0.15, 0.2) is 0 Å². The molecule has 0 atom stereocenters. The van der Waals surface area contributed by atoms with Gasteiger partial charge in [-0.2, -0.15) is 5.10 Å². The molecule has 0 aliphatic rings. The minimum absolute atomic E-state index is 0.127. The molecule has 2 rings (SSSR count). The van der Waals surface area contributed by atoms with Crippen LogP contribution in [0.2, 0.25) is 0 Å². The van der Waals surface area contributed by atoms with Crippen LogP contribution in [0.5, 0.6) is 0 Å². The quantitative estimate of drug-likeness (QED) is 0.817. The SMILES string of the molecule is COC(=O)c1cc(NC(=O)Cc2c(C)nn(C)c2C)cc(C(=O)OC)c1. The highest BCUT2D eigenvalue weighted by molar-refractivity contribution is 5.99.